The Morgan fingerprint density at radius 1 is 1.00 bits per heavy atom. The fraction of sp³-hybridized carbons (Fsp3) is 0.975. The molecule has 0 radical (unpaired) electrons. The molecular weight excluding hydrogens is 622 g/mol. The van der Waals surface area contributed by atoms with Crippen molar-refractivity contribution in [1.82, 2.24) is 4.90 Å². The van der Waals surface area contributed by atoms with Gasteiger partial charge in [-0.1, -0.05) is 34.6 Å². The average Bonchev–Trinajstić information content (AvgIpc) is 3.61. The van der Waals surface area contributed by atoms with Crippen LogP contribution in [0.4, 0.5) is 0 Å². The number of β-amino-alcohol motifs (C(OH)–C–C–N with tert-alkyl or cyclic N) is 1. The molecule has 280 valence electrons. The van der Waals surface area contributed by atoms with Crippen molar-refractivity contribution in [3.63, 3.8) is 0 Å². The van der Waals surface area contributed by atoms with Crippen LogP contribution >= 0.6 is 0 Å². The number of carbonyl (C=O) groups excluding carboxylic acids is 1. The van der Waals surface area contributed by atoms with Crippen molar-refractivity contribution in [2.45, 2.75) is 169 Å². The molecule has 0 bridgehead atoms. The molecule has 0 aromatic rings. The average molecular weight is 690 g/mol. The summed E-state index contributed by atoms with van der Waals surface area (Å²) < 4.78 is 25.6. The predicted molar refractivity (Wildman–Crippen MR) is 185 cm³/mol. The Kier molecular flexibility index (Phi) is 8.65. The standard InChI is InChI=1S/C40H67NO8/c1-23-19-25(33(36(7,8)45)47-24(2)42)48-31-30(23)37(9)15-16-40-21-39(40)14-13-28(49-29-20-41(17-18-46-29)22-34(3,4)44)35(5,6)26(39)11-12-27(40)38(37,10)32(31)43/h23,25-33,43-45H,11-22H2,1-10H3/t23?,25-,26+,27+,28+,29+,30?,31+,32+,33+,37-,38-,39-,40+/m1/s1. The second-order valence-corrected chi connectivity index (χ2v) is 20.2. The highest BCUT2D eigenvalue weighted by atomic mass is 16.7. The summed E-state index contributed by atoms with van der Waals surface area (Å²) in [7, 11) is 0. The lowest BCUT2D eigenvalue weighted by molar-refractivity contribution is -0.250. The summed E-state index contributed by atoms with van der Waals surface area (Å²) in [6.45, 7) is 23.2. The molecule has 0 amide bonds. The van der Waals surface area contributed by atoms with Gasteiger partial charge < -0.3 is 34.3 Å². The van der Waals surface area contributed by atoms with Gasteiger partial charge in [-0.15, -0.1) is 0 Å². The van der Waals surface area contributed by atoms with Gasteiger partial charge in [-0.25, -0.2) is 0 Å². The van der Waals surface area contributed by atoms with E-state index in [1.807, 2.05) is 13.8 Å². The highest BCUT2D eigenvalue weighted by Crippen LogP contribution is 2.89. The topological polar surface area (TPSA) is 118 Å². The zero-order chi connectivity index (χ0) is 35.7. The van der Waals surface area contributed by atoms with Crippen molar-refractivity contribution in [2.75, 3.05) is 26.2 Å². The van der Waals surface area contributed by atoms with E-state index in [1.54, 1.807) is 13.8 Å². The van der Waals surface area contributed by atoms with Crippen molar-refractivity contribution in [2.24, 2.45) is 50.7 Å². The number of carbonyl (C=O) groups is 1. The summed E-state index contributed by atoms with van der Waals surface area (Å²) in [5.41, 5.74) is -1.83. The first-order valence-corrected chi connectivity index (χ1v) is 19.6. The van der Waals surface area contributed by atoms with E-state index in [1.165, 1.54) is 26.2 Å². The molecule has 7 rings (SSSR count). The molecule has 3 N–H and O–H groups in total. The van der Waals surface area contributed by atoms with Crippen molar-refractivity contribution >= 4 is 5.97 Å². The summed E-state index contributed by atoms with van der Waals surface area (Å²) in [6, 6.07) is 0. The fourth-order valence-corrected chi connectivity index (χ4v) is 14.2. The molecule has 2 unspecified atom stereocenters. The van der Waals surface area contributed by atoms with Gasteiger partial charge in [0.2, 0.25) is 0 Å². The molecule has 0 aromatic heterocycles. The van der Waals surface area contributed by atoms with Gasteiger partial charge in [-0.2, -0.15) is 0 Å². The van der Waals surface area contributed by atoms with E-state index in [-0.39, 0.29) is 57.4 Å². The lowest BCUT2D eigenvalue weighted by Gasteiger charge is -2.64. The second-order valence-electron chi connectivity index (χ2n) is 20.2. The van der Waals surface area contributed by atoms with E-state index in [4.69, 9.17) is 18.9 Å². The maximum absolute atomic E-state index is 12.6. The molecule has 2 aliphatic heterocycles. The Bertz CT molecular complexity index is 1290. The number of morpholine rings is 1. The summed E-state index contributed by atoms with van der Waals surface area (Å²) in [4.78, 5) is 14.4. The van der Waals surface area contributed by atoms with E-state index >= 15 is 0 Å². The predicted octanol–water partition coefficient (Wildman–Crippen LogP) is 5.32. The summed E-state index contributed by atoms with van der Waals surface area (Å²) in [6.07, 6.45) is 6.35. The van der Waals surface area contributed by atoms with Crippen molar-refractivity contribution in [3.05, 3.63) is 0 Å². The van der Waals surface area contributed by atoms with Crippen LogP contribution in [-0.4, -0.2) is 100 Å². The van der Waals surface area contributed by atoms with E-state index in [2.05, 4.69) is 39.5 Å². The Morgan fingerprint density at radius 2 is 1.67 bits per heavy atom. The zero-order valence-corrected chi connectivity index (χ0v) is 32.1. The van der Waals surface area contributed by atoms with Crippen LogP contribution in [0, 0.1) is 50.7 Å². The van der Waals surface area contributed by atoms with Crippen molar-refractivity contribution in [1.29, 1.82) is 0 Å². The van der Waals surface area contributed by atoms with Crippen LogP contribution < -0.4 is 0 Å². The van der Waals surface area contributed by atoms with E-state index in [9.17, 15) is 20.1 Å². The van der Waals surface area contributed by atoms with Crippen LogP contribution in [0.2, 0.25) is 0 Å². The van der Waals surface area contributed by atoms with Crippen LogP contribution in [0.15, 0.2) is 0 Å². The quantitative estimate of drug-likeness (QED) is 0.306. The normalized spacial score (nSPS) is 49.9. The Morgan fingerprint density at radius 3 is 2.33 bits per heavy atom. The van der Waals surface area contributed by atoms with Crippen LogP contribution in [0.5, 0.6) is 0 Å². The number of rotatable bonds is 7. The third-order valence-corrected chi connectivity index (χ3v) is 16.1. The minimum atomic E-state index is -1.26. The third-order valence-electron chi connectivity index (χ3n) is 16.1. The number of hydrogen-bond donors (Lipinski definition) is 3. The van der Waals surface area contributed by atoms with Gasteiger partial charge in [0.1, 0.15) is 0 Å². The molecule has 14 atom stereocenters. The second kappa shape index (κ2) is 11.6. The summed E-state index contributed by atoms with van der Waals surface area (Å²) in [5, 5.41) is 34.0. The molecule has 49 heavy (non-hydrogen) atoms. The first-order valence-electron chi connectivity index (χ1n) is 19.6. The minimum absolute atomic E-state index is 0.00616. The maximum Gasteiger partial charge on any atom is 0.303 e. The largest absolute Gasteiger partial charge is 0.457 e. The lowest BCUT2D eigenvalue weighted by Crippen LogP contribution is -2.60. The summed E-state index contributed by atoms with van der Waals surface area (Å²) >= 11 is 0. The molecule has 5 aliphatic carbocycles. The summed E-state index contributed by atoms with van der Waals surface area (Å²) in [5.74, 6) is 1.03. The van der Waals surface area contributed by atoms with Crippen molar-refractivity contribution in [3.8, 4) is 0 Å². The zero-order valence-electron chi connectivity index (χ0n) is 32.1. The molecule has 0 aromatic carbocycles. The lowest BCUT2D eigenvalue weighted by atomic mass is 9.41. The minimum Gasteiger partial charge on any atom is -0.457 e. The van der Waals surface area contributed by atoms with Gasteiger partial charge in [-0.05, 0) is 124 Å². The number of esters is 1. The van der Waals surface area contributed by atoms with Crippen molar-refractivity contribution < 1.29 is 39.1 Å². The number of hydrogen-bond acceptors (Lipinski definition) is 9. The van der Waals surface area contributed by atoms with Gasteiger partial charge in [0.25, 0.3) is 0 Å². The molecule has 9 heteroatoms. The molecule has 2 heterocycles. The highest BCUT2D eigenvalue weighted by Gasteiger charge is 2.84. The monoisotopic (exact) mass is 689 g/mol. The van der Waals surface area contributed by atoms with E-state index < -0.39 is 35.5 Å². The van der Waals surface area contributed by atoms with E-state index in [0.717, 1.165) is 32.2 Å². The number of nitrogens with zero attached hydrogens (tertiary/aromatic N) is 1. The number of fused-ring (bicyclic) bond motifs is 4. The van der Waals surface area contributed by atoms with E-state index in [0.29, 0.717) is 38.0 Å². The first-order chi connectivity index (χ1) is 22.6. The molecular formula is C40H67NO8. The van der Waals surface area contributed by atoms with Gasteiger partial charge in [-0.3, -0.25) is 9.69 Å². The highest BCUT2D eigenvalue weighted by molar-refractivity contribution is 5.66. The van der Waals surface area contributed by atoms with Gasteiger partial charge in [0.05, 0.1) is 42.2 Å². The molecule has 5 saturated carbocycles. The molecule has 7 fully saturated rings. The molecule has 2 spiro atoms. The Balaban J connectivity index is 1.11. The Labute approximate surface area is 295 Å². The number of aliphatic hydroxyl groups is 3. The number of ether oxygens (including phenoxy) is 4. The maximum atomic E-state index is 12.6. The van der Waals surface area contributed by atoms with Gasteiger partial charge >= 0.3 is 5.97 Å². The van der Waals surface area contributed by atoms with Gasteiger partial charge in [0.15, 0.2) is 12.4 Å². The van der Waals surface area contributed by atoms with Gasteiger partial charge in [0, 0.05) is 32.0 Å². The SMILES string of the molecule is CC(=O)O[C@@H]([C@H]1CC(C)C2[C@H](O1)[C@H](O)[C@@]1(C)[C@@H]3CC[C@H]4C(C)(C)[C@@H](O[C@H]5CN(CC(C)(C)O)CCO5)CC[C@@]45C[C@@]35CC[C@]21C)C(C)(C)O. The molecule has 2 saturated heterocycles. The number of aliphatic hydroxyl groups excluding tert-OH is 1. The molecule has 9 nitrogen and oxygen atoms in total. The third kappa shape index (κ3) is 5.35. The smallest absolute Gasteiger partial charge is 0.303 e. The van der Waals surface area contributed by atoms with Crippen LogP contribution in [0.3, 0.4) is 0 Å². The molecule has 7 aliphatic rings. The first kappa shape index (κ1) is 36.5. The Hall–Kier alpha value is -0.810. The van der Waals surface area contributed by atoms with Crippen LogP contribution in [0.1, 0.15) is 121 Å². The van der Waals surface area contributed by atoms with Crippen LogP contribution in [-0.2, 0) is 23.7 Å². The fourth-order valence-electron chi connectivity index (χ4n) is 14.2. The van der Waals surface area contributed by atoms with Crippen LogP contribution in [0.25, 0.3) is 0 Å².